The van der Waals surface area contributed by atoms with Crippen molar-refractivity contribution in [3.63, 3.8) is 0 Å². The lowest BCUT2D eigenvalue weighted by Gasteiger charge is -2.12. The van der Waals surface area contributed by atoms with E-state index >= 15 is 0 Å². The Bertz CT molecular complexity index is 1210. The second kappa shape index (κ2) is 8.30. The Morgan fingerprint density at radius 1 is 1.23 bits per heavy atom. The van der Waals surface area contributed by atoms with Crippen LogP contribution in [0.5, 0.6) is 0 Å². The third kappa shape index (κ3) is 4.53. The molecule has 0 unspecified atom stereocenters. The number of halogens is 4. The van der Waals surface area contributed by atoms with Gasteiger partial charge in [0.25, 0.3) is 12.3 Å². The van der Waals surface area contributed by atoms with E-state index in [0.29, 0.717) is 0 Å². The molecule has 2 heterocycles. The van der Waals surface area contributed by atoms with Gasteiger partial charge in [0, 0.05) is 5.39 Å². The van der Waals surface area contributed by atoms with Crippen LogP contribution in [0.3, 0.4) is 0 Å². The number of nitrogens with one attached hydrogen (secondary N) is 3. The van der Waals surface area contributed by atoms with E-state index in [1.54, 1.807) is 6.92 Å². The van der Waals surface area contributed by atoms with Crippen LogP contribution in [-0.4, -0.2) is 30.0 Å². The molecule has 0 aliphatic carbocycles. The minimum atomic E-state index is -3.87. The predicted octanol–water partition coefficient (Wildman–Crippen LogP) is 4.18. The molecule has 1 aromatic carbocycles. The molecule has 0 fully saturated rings. The predicted molar refractivity (Wildman–Crippen MR) is 103 cm³/mol. The molecule has 3 rings (SSSR count). The Balaban J connectivity index is 1.89. The summed E-state index contributed by atoms with van der Waals surface area (Å²) in [5.41, 5.74) is -1.80. The molecular formula is C18H16F4N4O3S. The number of amides is 1. The largest absolute Gasteiger partial charge is 0.338 e. The summed E-state index contributed by atoms with van der Waals surface area (Å²) in [6.07, 6.45) is -1.36. The lowest BCUT2D eigenvalue weighted by molar-refractivity contribution is 0.101. The molecule has 0 bridgehead atoms. The quantitative estimate of drug-likeness (QED) is 0.476. The zero-order chi connectivity index (χ0) is 22.1. The summed E-state index contributed by atoms with van der Waals surface area (Å²) in [4.78, 5) is 18.7. The molecule has 7 nitrogen and oxygen atoms in total. The monoisotopic (exact) mass is 444 g/mol. The first-order valence-electron chi connectivity index (χ1n) is 8.68. The first-order chi connectivity index (χ1) is 14.1. The average molecular weight is 444 g/mol. The maximum absolute atomic E-state index is 14.7. The number of aromatic nitrogens is 2. The van der Waals surface area contributed by atoms with Gasteiger partial charge in [0.05, 0.1) is 29.0 Å². The lowest BCUT2D eigenvalue weighted by Crippen LogP contribution is -2.20. The van der Waals surface area contributed by atoms with E-state index in [1.807, 2.05) is 4.72 Å². The number of nitrogens with zero attached hydrogens (tertiary/aromatic N) is 1. The smallest absolute Gasteiger partial charge is 0.278 e. The number of rotatable bonds is 7. The Morgan fingerprint density at radius 3 is 2.63 bits per heavy atom. The number of fused-ring (bicyclic) bond motifs is 1. The van der Waals surface area contributed by atoms with Crippen molar-refractivity contribution < 1.29 is 30.8 Å². The molecule has 0 saturated carbocycles. The molecule has 0 saturated heterocycles. The van der Waals surface area contributed by atoms with Crippen LogP contribution < -0.4 is 10.0 Å². The SMILES string of the molecule is CCCS(=O)(=O)Nc1ccc(F)c(C(=O)Nc2cnc3[nH]c(C(F)F)cc3c2)c1F. The van der Waals surface area contributed by atoms with Crippen LogP contribution in [0.25, 0.3) is 11.0 Å². The van der Waals surface area contributed by atoms with Gasteiger partial charge in [0.2, 0.25) is 10.0 Å². The van der Waals surface area contributed by atoms with E-state index in [2.05, 4.69) is 15.3 Å². The Labute approximate surface area is 168 Å². The first-order valence-corrected chi connectivity index (χ1v) is 10.3. The van der Waals surface area contributed by atoms with Gasteiger partial charge >= 0.3 is 0 Å². The van der Waals surface area contributed by atoms with Crippen molar-refractivity contribution in [1.82, 2.24) is 9.97 Å². The molecule has 3 aromatic rings. The van der Waals surface area contributed by atoms with Crippen molar-refractivity contribution in [3.8, 4) is 0 Å². The first kappa shape index (κ1) is 21.6. The number of sulfonamides is 1. The van der Waals surface area contributed by atoms with Gasteiger partial charge in [0.15, 0.2) is 5.82 Å². The second-order valence-electron chi connectivity index (χ2n) is 6.35. The third-order valence-electron chi connectivity index (χ3n) is 4.04. The number of carbonyl (C=O) groups is 1. The summed E-state index contributed by atoms with van der Waals surface area (Å²) in [6, 6.07) is 4.05. The third-order valence-corrected chi connectivity index (χ3v) is 5.52. The van der Waals surface area contributed by atoms with E-state index < -0.39 is 45.2 Å². The summed E-state index contributed by atoms with van der Waals surface area (Å²) < 4.78 is 80.0. The number of benzene rings is 1. The molecule has 2 aromatic heterocycles. The highest BCUT2D eigenvalue weighted by molar-refractivity contribution is 7.92. The molecule has 0 aliphatic heterocycles. The number of carbonyl (C=O) groups excluding carboxylic acids is 1. The maximum Gasteiger partial charge on any atom is 0.278 e. The van der Waals surface area contributed by atoms with E-state index in [1.165, 1.54) is 6.07 Å². The zero-order valence-corrected chi connectivity index (χ0v) is 16.3. The number of aromatic amines is 1. The van der Waals surface area contributed by atoms with Gasteiger partial charge in [0.1, 0.15) is 17.0 Å². The molecule has 12 heteroatoms. The number of pyridine rings is 1. The summed E-state index contributed by atoms with van der Waals surface area (Å²) in [6.45, 7) is 1.61. The van der Waals surface area contributed by atoms with Gasteiger partial charge in [-0.05, 0) is 30.7 Å². The maximum atomic E-state index is 14.7. The topological polar surface area (TPSA) is 104 Å². The van der Waals surface area contributed by atoms with Crippen molar-refractivity contribution >= 4 is 38.3 Å². The van der Waals surface area contributed by atoms with Crippen LogP contribution in [0.15, 0.2) is 30.5 Å². The van der Waals surface area contributed by atoms with Crippen LogP contribution in [-0.2, 0) is 10.0 Å². The van der Waals surface area contributed by atoms with Gasteiger partial charge in [-0.3, -0.25) is 9.52 Å². The van der Waals surface area contributed by atoms with Crippen LogP contribution in [0, 0.1) is 11.6 Å². The normalized spacial score (nSPS) is 11.8. The van der Waals surface area contributed by atoms with Crippen LogP contribution >= 0.6 is 0 Å². The number of anilines is 2. The Hall–Kier alpha value is -3.15. The average Bonchev–Trinajstić information content (AvgIpc) is 3.08. The lowest BCUT2D eigenvalue weighted by atomic mass is 10.1. The van der Waals surface area contributed by atoms with Crippen molar-refractivity contribution in [2.24, 2.45) is 0 Å². The summed E-state index contributed by atoms with van der Waals surface area (Å²) in [7, 11) is -3.87. The van der Waals surface area contributed by atoms with E-state index in [9.17, 15) is 30.8 Å². The molecular weight excluding hydrogens is 428 g/mol. The fourth-order valence-corrected chi connectivity index (χ4v) is 3.88. The van der Waals surface area contributed by atoms with E-state index in [-0.39, 0.29) is 34.6 Å². The van der Waals surface area contributed by atoms with Gasteiger partial charge in [-0.1, -0.05) is 6.92 Å². The fraction of sp³-hybridized carbons (Fsp3) is 0.222. The van der Waals surface area contributed by atoms with E-state index in [4.69, 9.17) is 0 Å². The minimum Gasteiger partial charge on any atom is -0.338 e. The molecule has 3 N–H and O–H groups in total. The van der Waals surface area contributed by atoms with Crippen molar-refractivity contribution in [2.75, 3.05) is 15.8 Å². The fourth-order valence-electron chi connectivity index (χ4n) is 2.74. The summed E-state index contributed by atoms with van der Waals surface area (Å²) in [5, 5.41) is 2.48. The molecule has 0 spiro atoms. The van der Waals surface area contributed by atoms with Gasteiger partial charge in [-0.25, -0.2) is 31.0 Å². The number of hydrogen-bond acceptors (Lipinski definition) is 4. The van der Waals surface area contributed by atoms with Crippen molar-refractivity contribution in [3.05, 3.63) is 53.4 Å². The molecule has 0 radical (unpaired) electrons. The second-order valence-corrected chi connectivity index (χ2v) is 8.19. The molecule has 0 atom stereocenters. The number of H-pyrrole nitrogens is 1. The summed E-state index contributed by atoms with van der Waals surface area (Å²) >= 11 is 0. The molecule has 0 aliphatic rings. The highest BCUT2D eigenvalue weighted by Gasteiger charge is 2.23. The number of hydrogen-bond donors (Lipinski definition) is 3. The van der Waals surface area contributed by atoms with Gasteiger partial charge < -0.3 is 10.3 Å². The standard InChI is InChI=1S/C18H16F4N4O3S/c1-2-5-30(28,29)26-12-4-3-11(19)14(15(12)20)18(27)24-10-6-9-7-13(16(21)22)25-17(9)23-8-10/h3-4,6-8,16,26H,2,5H2,1H3,(H,23,25)(H,24,27). The highest BCUT2D eigenvalue weighted by atomic mass is 32.2. The van der Waals surface area contributed by atoms with Crippen LogP contribution in [0.4, 0.5) is 28.9 Å². The summed E-state index contributed by atoms with van der Waals surface area (Å²) in [5.74, 6) is -4.08. The Kier molecular flexibility index (Phi) is 5.97. The van der Waals surface area contributed by atoms with Crippen LogP contribution in [0.1, 0.15) is 35.8 Å². The molecule has 1 amide bonds. The highest BCUT2D eigenvalue weighted by Crippen LogP contribution is 2.26. The van der Waals surface area contributed by atoms with E-state index in [0.717, 1.165) is 24.4 Å². The van der Waals surface area contributed by atoms with Crippen molar-refractivity contribution in [2.45, 2.75) is 19.8 Å². The van der Waals surface area contributed by atoms with Gasteiger partial charge in [-0.15, -0.1) is 0 Å². The molecule has 30 heavy (non-hydrogen) atoms. The van der Waals surface area contributed by atoms with Gasteiger partial charge in [-0.2, -0.15) is 0 Å². The minimum absolute atomic E-state index is 0.00285. The van der Waals surface area contributed by atoms with Crippen molar-refractivity contribution in [1.29, 1.82) is 0 Å². The zero-order valence-electron chi connectivity index (χ0n) is 15.5. The molecule has 160 valence electrons. The Morgan fingerprint density at radius 2 is 1.97 bits per heavy atom. The van der Waals surface area contributed by atoms with Crippen LogP contribution in [0.2, 0.25) is 0 Å². The number of alkyl halides is 2.